The molecule has 0 atom stereocenters. The first-order chi connectivity index (χ1) is 15.2. The molecule has 2 heterocycles. The molecule has 31 heavy (non-hydrogen) atoms. The van der Waals surface area contributed by atoms with Gasteiger partial charge in [0.1, 0.15) is 6.54 Å². The summed E-state index contributed by atoms with van der Waals surface area (Å²) in [4.78, 5) is 21.7. The van der Waals surface area contributed by atoms with E-state index in [9.17, 15) is 4.79 Å². The van der Waals surface area contributed by atoms with Crippen LogP contribution in [-0.4, -0.2) is 73.5 Å². The molecule has 2 saturated heterocycles. The lowest BCUT2D eigenvalue weighted by Gasteiger charge is -2.33. The molecule has 2 aliphatic rings. The van der Waals surface area contributed by atoms with E-state index >= 15 is 0 Å². The molecule has 1 aromatic carbocycles. The van der Waals surface area contributed by atoms with Crippen molar-refractivity contribution in [2.24, 2.45) is 10.9 Å². The van der Waals surface area contributed by atoms with E-state index in [1.165, 1.54) is 5.56 Å². The van der Waals surface area contributed by atoms with E-state index in [4.69, 9.17) is 0 Å². The third-order valence-electron chi connectivity index (χ3n) is 6.37. The number of amides is 1. The van der Waals surface area contributed by atoms with Gasteiger partial charge in [-0.2, -0.15) is 0 Å². The SMILES string of the molecule is C=CCN1CCC(NC(=NCC(=O)N2CCC(Cc3ccccc3)CC2)NCC)CC1. The Labute approximate surface area is 187 Å². The predicted molar refractivity (Wildman–Crippen MR) is 128 cm³/mol. The number of guanidine groups is 1. The van der Waals surface area contributed by atoms with Crippen molar-refractivity contribution in [2.75, 3.05) is 45.8 Å². The first-order valence-electron chi connectivity index (χ1n) is 11.9. The summed E-state index contributed by atoms with van der Waals surface area (Å²) in [5.41, 5.74) is 1.40. The van der Waals surface area contributed by atoms with Crippen molar-refractivity contribution in [1.29, 1.82) is 0 Å². The lowest BCUT2D eigenvalue weighted by atomic mass is 9.90. The van der Waals surface area contributed by atoms with E-state index in [-0.39, 0.29) is 12.5 Å². The van der Waals surface area contributed by atoms with E-state index in [1.54, 1.807) is 0 Å². The van der Waals surface area contributed by atoms with E-state index in [1.807, 2.05) is 11.0 Å². The summed E-state index contributed by atoms with van der Waals surface area (Å²) in [5.74, 6) is 1.56. The normalized spacial score (nSPS) is 19.3. The highest BCUT2D eigenvalue weighted by atomic mass is 16.2. The van der Waals surface area contributed by atoms with Gasteiger partial charge in [0.2, 0.25) is 5.91 Å². The molecule has 170 valence electrons. The molecule has 0 aliphatic carbocycles. The molecule has 0 unspecified atom stereocenters. The number of rotatable bonds is 8. The average Bonchev–Trinajstić information content (AvgIpc) is 2.80. The summed E-state index contributed by atoms with van der Waals surface area (Å²) in [5, 5.41) is 6.83. The zero-order valence-corrected chi connectivity index (χ0v) is 19.1. The molecule has 0 saturated carbocycles. The number of aliphatic imine (C=N–C) groups is 1. The van der Waals surface area contributed by atoms with Gasteiger partial charge < -0.3 is 15.5 Å². The largest absolute Gasteiger partial charge is 0.357 e. The fourth-order valence-corrected chi connectivity index (χ4v) is 4.54. The molecule has 2 aliphatic heterocycles. The Morgan fingerprint density at radius 3 is 2.48 bits per heavy atom. The van der Waals surface area contributed by atoms with Crippen LogP contribution in [0.1, 0.15) is 38.2 Å². The summed E-state index contributed by atoms with van der Waals surface area (Å²) in [6.45, 7) is 11.7. The van der Waals surface area contributed by atoms with Crippen LogP contribution >= 0.6 is 0 Å². The van der Waals surface area contributed by atoms with Gasteiger partial charge in [-0.05, 0) is 50.5 Å². The number of nitrogens with zero attached hydrogens (tertiary/aromatic N) is 3. The van der Waals surface area contributed by atoms with Crippen LogP contribution < -0.4 is 10.6 Å². The van der Waals surface area contributed by atoms with Crippen LogP contribution in [0, 0.1) is 5.92 Å². The minimum Gasteiger partial charge on any atom is -0.357 e. The quantitative estimate of drug-likeness (QED) is 0.382. The number of hydrogen-bond acceptors (Lipinski definition) is 3. The Hall–Kier alpha value is -2.34. The molecule has 0 spiro atoms. The second-order valence-corrected chi connectivity index (χ2v) is 8.72. The zero-order valence-electron chi connectivity index (χ0n) is 19.1. The minimum atomic E-state index is 0.135. The minimum absolute atomic E-state index is 0.135. The second kappa shape index (κ2) is 12.5. The van der Waals surface area contributed by atoms with Gasteiger partial charge in [-0.1, -0.05) is 36.4 Å². The van der Waals surface area contributed by atoms with E-state index in [0.29, 0.717) is 12.0 Å². The van der Waals surface area contributed by atoms with Gasteiger partial charge in [-0.25, -0.2) is 4.99 Å². The summed E-state index contributed by atoms with van der Waals surface area (Å²) in [6, 6.07) is 11.1. The Morgan fingerprint density at radius 1 is 1.13 bits per heavy atom. The van der Waals surface area contributed by atoms with Crippen LogP contribution in [0.25, 0.3) is 0 Å². The van der Waals surface area contributed by atoms with E-state index < -0.39 is 0 Å². The topological polar surface area (TPSA) is 60.0 Å². The van der Waals surface area contributed by atoms with Gasteiger partial charge in [0.05, 0.1) is 0 Å². The maximum absolute atomic E-state index is 12.7. The van der Waals surface area contributed by atoms with Gasteiger partial charge in [0.15, 0.2) is 5.96 Å². The fraction of sp³-hybridized carbons (Fsp3) is 0.600. The lowest BCUT2D eigenvalue weighted by Crippen LogP contribution is -2.49. The van der Waals surface area contributed by atoms with Crippen LogP contribution in [0.15, 0.2) is 48.0 Å². The van der Waals surface area contributed by atoms with Crippen LogP contribution in [0.3, 0.4) is 0 Å². The molecular formula is C25H39N5O. The van der Waals surface area contributed by atoms with Crippen LogP contribution in [0.2, 0.25) is 0 Å². The van der Waals surface area contributed by atoms with E-state index in [0.717, 1.165) is 77.3 Å². The molecule has 6 heteroatoms. The van der Waals surface area contributed by atoms with Crippen molar-refractivity contribution < 1.29 is 4.79 Å². The molecule has 0 radical (unpaired) electrons. The molecular weight excluding hydrogens is 386 g/mol. The maximum Gasteiger partial charge on any atom is 0.244 e. The number of carbonyl (C=O) groups is 1. The van der Waals surface area contributed by atoms with Crippen LogP contribution in [0.4, 0.5) is 0 Å². The molecule has 2 N–H and O–H groups in total. The summed E-state index contributed by atoms with van der Waals surface area (Å²) in [6.07, 6.45) is 7.40. The Morgan fingerprint density at radius 2 is 1.84 bits per heavy atom. The highest BCUT2D eigenvalue weighted by Gasteiger charge is 2.23. The van der Waals surface area contributed by atoms with Gasteiger partial charge >= 0.3 is 0 Å². The van der Waals surface area contributed by atoms with Crippen molar-refractivity contribution >= 4 is 11.9 Å². The molecule has 1 amide bonds. The molecule has 0 bridgehead atoms. The van der Waals surface area contributed by atoms with Crippen LogP contribution in [-0.2, 0) is 11.2 Å². The standard InChI is InChI=1S/C25H39N5O/c1-3-14-29-15-12-23(13-16-29)28-25(26-4-2)27-20-24(31)30-17-10-22(11-18-30)19-21-8-6-5-7-9-21/h3,5-9,22-23H,1,4,10-20H2,2H3,(H2,26,27,28). The first-order valence-corrected chi connectivity index (χ1v) is 11.9. The van der Waals surface area contributed by atoms with Crippen molar-refractivity contribution in [3.63, 3.8) is 0 Å². The number of benzene rings is 1. The number of piperidine rings is 2. The Kier molecular flexibility index (Phi) is 9.40. The number of nitrogens with one attached hydrogen (secondary N) is 2. The third kappa shape index (κ3) is 7.69. The van der Waals surface area contributed by atoms with Crippen molar-refractivity contribution in [3.8, 4) is 0 Å². The highest BCUT2D eigenvalue weighted by molar-refractivity contribution is 5.85. The average molecular weight is 426 g/mol. The first kappa shape index (κ1) is 23.3. The summed E-state index contributed by atoms with van der Waals surface area (Å²) >= 11 is 0. The van der Waals surface area contributed by atoms with E-state index in [2.05, 4.69) is 64.4 Å². The number of carbonyl (C=O) groups excluding carboxylic acids is 1. The molecule has 3 rings (SSSR count). The van der Waals surface area contributed by atoms with Gasteiger partial charge in [0.25, 0.3) is 0 Å². The smallest absolute Gasteiger partial charge is 0.244 e. The maximum atomic E-state index is 12.7. The van der Waals surface area contributed by atoms with Crippen molar-refractivity contribution in [1.82, 2.24) is 20.4 Å². The van der Waals surface area contributed by atoms with Gasteiger partial charge in [-0.15, -0.1) is 6.58 Å². The van der Waals surface area contributed by atoms with Crippen molar-refractivity contribution in [2.45, 2.75) is 45.1 Å². The number of hydrogen-bond donors (Lipinski definition) is 2. The van der Waals surface area contributed by atoms with Gasteiger partial charge in [-0.3, -0.25) is 9.69 Å². The molecule has 1 aromatic rings. The second-order valence-electron chi connectivity index (χ2n) is 8.72. The molecule has 6 nitrogen and oxygen atoms in total. The lowest BCUT2D eigenvalue weighted by molar-refractivity contribution is -0.130. The monoisotopic (exact) mass is 425 g/mol. The predicted octanol–water partition coefficient (Wildman–Crippen LogP) is 2.67. The van der Waals surface area contributed by atoms with Gasteiger partial charge in [0, 0.05) is 45.3 Å². The summed E-state index contributed by atoms with van der Waals surface area (Å²) in [7, 11) is 0. The third-order valence-corrected chi connectivity index (χ3v) is 6.37. The Bertz CT molecular complexity index is 704. The van der Waals surface area contributed by atoms with Crippen molar-refractivity contribution in [3.05, 3.63) is 48.6 Å². The fourth-order valence-electron chi connectivity index (χ4n) is 4.54. The van der Waals surface area contributed by atoms with Crippen LogP contribution in [0.5, 0.6) is 0 Å². The molecule has 0 aromatic heterocycles. The molecule has 2 fully saturated rings. The Balaban J connectivity index is 1.42. The zero-order chi connectivity index (χ0) is 21.9. The number of likely N-dealkylation sites (tertiary alicyclic amines) is 2. The summed E-state index contributed by atoms with van der Waals surface area (Å²) < 4.78 is 0. The highest BCUT2D eigenvalue weighted by Crippen LogP contribution is 2.21.